The van der Waals surface area contributed by atoms with Crippen LogP contribution in [0.4, 0.5) is 0 Å². The first-order valence-electron chi connectivity index (χ1n) is 6.95. The molecule has 0 saturated carbocycles. The fourth-order valence-corrected chi connectivity index (χ4v) is 2.80. The topological polar surface area (TPSA) is 30.5 Å². The van der Waals surface area contributed by atoms with E-state index in [1.54, 1.807) is 0 Å². The van der Waals surface area contributed by atoms with Gasteiger partial charge < -0.3 is 14.8 Å². The van der Waals surface area contributed by atoms with Gasteiger partial charge in [0.1, 0.15) is 0 Å². The van der Waals surface area contributed by atoms with Crippen molar-refractivity contribution < 1.29 is 9.47 Å². The lowest BCUT2D eigenvalue weighted by molar-refractivity contribution is -0.0173. The fraction of sp³-hybridized carbons (Fsp3) is 1.00. The molecule has 0 amide bonds. The Balaban J connectivity index is 1.66. The summed E-state index contributed by atoms with van der Waals surface area (Å²) in [5, 5.41) is 3.59. The van der Waals surface area contributed by atoms with Crippen LogP contribution in [0.3, 0.4) is 0 Å². The molecule has 1 unspecified atom stereocenters. The van der Waals surface area contributed by atoms with Crippen molar-refractivity contribution in [3.63, 3.8) is 0 Å². The van der Waals surface area contributed by atoms with E-state index in [0.717, 1.165) is 26.3 Å². The normalized spacial score (nSPS) is 31.6. The van der Waals surface area contributed by atoms with Crippen molar-refractivity contribution in [2.75, 3.05) is 26.3 Å². The smallest absolute Gasteiger partial charge is 0.0707 e. The minimum atomic E-state index is 0.0922. The summed E-state index contributed by atoms with van der Waals surface area (Å²) in [5.74, 6) is 0. The molecule has 2 aliphatic rings. The Hall–Kier alpha value is -0.120. The Morgan fingerprint density at radius 1 is 1.12 bits per heavy atom. The summed E-state index contributed by atoms with van der Waals surface area (Å²) in [6, 6.07) is 0. The Labute approximate surface area is 105 Å². The van der Waals surface area contributed by atoms with E-state index in [4.69, 9.17) is 9.47 Å². The first kappa shape index (κ1) is 13.3. The molecule has 2 aliphatic heterocycles. The van der Waals surface area contributed by atoms with Crippen LogP contribution in [0, 0.1) is 5.41 Å². The quantitative estimate of drug-likeness (QED) is 0.819. The molecular formula is C14H27NO2. The molecule has 3 nitrogen and oxygen atoms in total. The van der Waals surface area contributed by atoms with Gasteiger partial charge in [0, 0.05) is 26.3 Å². The van der Waals surface area contributed by atoms with Gasteiger partial charge in [0.2, 0.25) is 0 Å². The highest BCUT2D eigenvalue weighted by atomic mass is 16.5. The molecule has 0 aliphatic carbocycles. The zero-order chi connectivity index (χ0) is 12.4. The number of rotatable bonds is 4. The fourth-order valence-electron chi connectivity index (χ4n) is 2.80. The minimum absolute atomic E-state index is 0.0922. The first-order valence-corrected chi connectivity index (χ1v) is 6.95. The monoisotopic (exact) mass is 241 g/mol. The van der Waals surface area contributed by atoms with Crippen LogP contribution < -0.4 is 5.32 Å². The maximum Gasteiger partial charge on any atom is 0.0707 e. The predicted octanol–water partition coefficient (Wildman–Crippen LogP) is 2.35. The second-order valence-corrected chi connectivity index (χ2v) is 6.59. The molecule has 2 fully saturated rings. The van der Waals surface area contributed by atoms with Crippen LogP contribution in [0.25, 0.3) is 0 Å². The lowest BCUT2D eigenvalue weighted by atomic mass is 9.82. The van der Waals surface area contributed by atoms with Crippen molar-refractivity contribution in [1.82, 2.24) is 5.32 Å². The van der Waals surface area contributed by atoms with Gasteiger partial charge >= 0.3 is 0 Å². The van der Waals surface area contributed by atoms with E-state index in [1.807, 2.05) is 0 Å². The van der Waals surface area contributed by atoms with E-state index in [2.05, 4.69) is 26.1 Å². The van der Waals surface area contributed by atoms with Crippen molar-refractivity contribution in [2.45, 2.75) is 58.2 Å². The largest absolute Gasteiger partial charge is 0.381 e. The zero-order valence-electron chi connectivity index (χ0n) is 11.6. The van der Waals surface area contributed by atoms with Gasteiger partial charge in [0.05, 0.1) is 11.7 Å². The molecule has 2 rings (SSSR count). The molecule has 100 valence electrons. The van der Waals surface area contributed by atoms with Gasteiger partial charge in [-0.15, -0.1) is 0 Å². The molecule has 0 aromatic carbocycles. The third-order valence-corrected chi connectivity index (χ3v) is 4.18. The van der Waals surface area contributed by atoms with Gasteiger partial charge in [0.15, 0.2) is 0 Å². The standard InChI is InChI=1S/C14H27NO2/c1-13(2)5-4-12(17-13)10-15-11-14(3)6-8-16-9-7-14/h12,15H,4-11H2,1-3H3. The molecular weight excluding hydrogens is 214 g/mol. The van der Waals surface area contributed by atoms with Gasteiger partial charge in [0.25, 0.3) is 0 Å². The van der Waals surface area contributed by atoms with E-state index >= 15 is 0 Å². The van der Waals surface area contributed by atoms with Gasteiger partial charge in [-0.3, -0.25) is 0 Å². The molecule has 2 saturated heterocycles. The summed E-state index contributed by atoms with van der Waals surface area (Å²) in [6.07, 6.45) is 5.15. The maximum absolute atomic E-state index is 5.98. The molecule has 1 atom stereocenters. The summed E-state index contributed by atoms with van der Waals surface area (Å²) in [6.45, 7) is 10.7. The third-order valence-electron chi connectivity index (χ3n) is 4.18. The van der Waals surface area contributed by atoms with Crippen LogP contribution in [-0.2, 0) is 9.47 Å². The average Bonchev–Trinajstić information content (AvgIpc) is 2.59. The van der Waals surface area contributed by atoms with Gasteiger partial charge in [-0.25, -0.2) is 0 Å². The first-order chi connectivity index (χ1) is 7.99. The summed E-state index contributed by atoms with van der Waals surface area (Å²) < 4.78 is 11.4. The summed E-state index contributed by atoms with van der Waals surface area (Å²) in [7, 11) is 0. The van der Waals surface area contributed by atoms with E-state index in [0.29, 0.717) is 11.5 Å². The maximum atomic E-state index is 5.98. The average molecular weight is 241 g/mol. The Kier molecular flexibility index (Phi) is 4.11. The third kappa shape index (κ3) is 3.94. The molecule has 1 N–H and O–H groups in total. The van der Waals surface area contributed by atoms with Crippen molar-refractivity contribution in [1.29, 1.82) is 0 Å². The highest BCUT2D eigenvalue weighted by Crippen LogP contribution is 2.30. The summed E-state index contributed by atoms with van der Waals surface area (Å²) >= 11 is 0. The van der Waals surface area contributed by atoms with Crippen LogP contribution in [-0.4, -0.2) is 38.0 Å². The zero-order valence-corrected chi connectivity index (χ0v) is 11.6. The lowest BCUT2D eigenvalue weighted by Gasteiger charge is -2.34. The second-order valence-electron chi connectivity index (χ2n) is 6.59. The van der Waals surface area contributed by atoms with Crippen LogP contribution in [0.15, 0.2) is 0 Å². The van der Waals surface area contributed by atoms with E-state index in [1.165, 1.54) is 25.7 Å². The van der Waals surface area contributed by atoms with Crippen molar-refractivity contribution in [3.05, 3.63) is 0 Å². The molecule has 0 aromatic heterocycles. The van der Waals surface area contributed by atoms with Crippen LogP contribution in [0.2, 0.25) is 0 Å². The predicted molar refractivity (Wildman–Crippen MR) is 69.2 cm³/mol. The van der Waals surface area contributed by atoms with Crippen molar-refractivity contribution in [3.8, 4) is 0 Å². The molecule has 0 bridgehead atoms. The number of nitrogens with one attached hydrogen (secondary N) is 1. The summed E-state index contributed by atoms with van der Waals surface area (Å²) in [4.78, 5) is 0. The Bertz CT molecular complexity index is 247. The number of ether oxygens (including phenoxy) is 2. The highest BCUT2D eigenvalue weighted by Gasteiger charge is 2.32. The molecule has 0 spiro atoms. The van der Waals surface area contributed by atoms with E-state index < -0.39 is 0 Å². The van der Waals surface area contributed by atoms with Crippen molar-refractivity contribution in [2.24, 2.45) is 5.41 Å². The van der Waals surface area contributed by atoms with Crippen LogP contribution in [0.1, 0.15) is 46.5 Å². The minimum Gasteiger partial charge on any atom is -0.381 e. The summed E-state index contributed by atoms with van der Waals surface area (Å²) in [5.41, 5.74) is 0.515. The molecule has 0 radical (unpaired) electrons. The molecule has 17 heavy (non-hydrogen) atoms. The lowest BCUT2D eigenvalue weighted by Crippen LogP contribution is -2.39. The Morgan fingerprint density at radius 2 is 1.82 bits per heavy atom. The Morgan fingerprint density at radius 3 is 2.41 bits per heavy atom. The molecule has 3 heteroatoms. The van der Waals surface area contributed by atoms with Crippen LogP contribution in [0.5, 0.6) is 0 Å². The molecule has 2 heterocycles. The SMILES string of the molecule is CC1(CNCC2CCC(C)(C)O2)CCOCC1. The number of hydrogen-bond donors (Lipinski definition) is 1. The van der Waals surface area contributed by atoms with Gasteiger partial charge in [-0.1, -0.05) is 6.92 Å². The van der Waals surface area contributed by atoms with Gasteiger partial charge in [-0.05, 0) is 44.9 Å². The number of hydrogen-bond acceptors (Lipinski definition) is 3. The van der Waals surface area contributed by atoms with Crippen LogP contribution >= 0.6 is 0 Å². The van der Waals surface area contributed by atoms with Crippen molar-refractivity contribution >= 4 is 0 Å². The van der Waals surface area contributed by atoms with Gasteiger partial charge in [-0.2, -0.15) is 0 Å². The van der Waals surface area contributed by atoms with E-state index in [-0.39, 0.29) is 5.60 Å². The molecule has 0 aromatic rings. The van der Waals surface area contributed by atoms with E-state index in [9.17, 15) is 0 Å². The second kappa shape index (κ2) is 5.25. The highest BCUT2D eigenvalue weighted by molar-refractivity contribution is 4.84.